The van der Waals surface area contributed by atoms with E-state index in [9.17, 15) is 14.4 Å². The predicted molar refractivity (Wildman–Crippen MR) is 129 cm³/mol. The highest BCUT2D eigenvalue weighted by Crippen LogP contribution is 2.44. The van der Waals surface area contributed by atoms with Crippen LogP contribution in [0.25, 0.3) is 11.1 Å². The first-order chi connectivity index (χ1) is 16.4. The van der Waals surface area contributed by atoms with Gasteiger partial charge >= 0.3 is 12.1 Å². The monoisotopic (exact) mass is 462 g/mol. The highest BCUT2D eigenvalue weighted by Gasteiger charge is 2.29. The van der Waals surface area contributed by atoms with Crippen LogP contribution in [-0.4, -0.2) is 42.3 Å². The van der Waals surface area contributed by atoms with Crippen LogP contribution >= 0.6 is 0 Å². The number of ether oxygens (including phenoxy) is 1. The molecule has 0 saturated heterocycles. The first-order valence-electron chi connectivity index (χ1n) is 11.4. The van der Waals surface area contributed by atoms with Gasteiger partial charge in [0.15, 0.2) is 0 Å². The summed E-state index contributed by atoms with van der Waals surface area (Å²) in [5.41, 5.74) is 4.65. The van der Waals surface area contributed by atoms with Crippen molar-refractivity contribution >= 4 is 18.0 Å². The van der Waals surface area contributed by atoms with Gasteiger partial charge in [0.1, 0.15) is 12.6 Å². The summed E-state index contributed by atoms with van der Waals surface area (Å²) in [6.07, 6.45) is 0.233. The fourth-order valence-corrected chi connectivity index (χ4v) is 4.06. The topological polar surface area (TPSA) is 105 Å². The Morgan fingerprint density at radius 1 is 1.06 bits per heavy atom. The molecule has 178 valence electrons. The van der Waals surface area contributed by atoms with Crippen molar-refractivity contribution < 1.29 is 24.2 Å². The van der Waals surface area contributed by atoms with E-state index in [2.05, 4.69) is 46.7 Å². The van der Waals surface area contributed by atoms with Gasteiger partial charge in [0.25, 0.3) is 0 Å². The van der Waals surface area contributed by atoms with Gasteiger partial charge in [-0.1, -0.05) is 55.5 Å². The van der Waals surface area contributed by atoms with E-state index in [0.29, 0.717) is 13.0 Å². The van der Waals surface area contributed by atoms with Crippen LogP contribution in [0.5, 0.6) is 0 Å². The predicted octanol–water partition coefficient (Wildman–Crippen LogP) is 3.92. The number of hydrogen-bond acceptors (Lipinski definition) is 4. The van der Waals surface area contributed by atoms with Gasteiger partial charge in [-0.2, -0.15) is 0 Å². The van der Waals surface area contributed by atoms with E-state index < -0.39 is 18.1 Å². The zero-order chi connectivity index (χ0) is 24.5. The maximum absolute atomic E-state index is 12.3. The second-order valence-electron chi connectivity index (χ2n) is 8.44. The van der Waals surface area contributed by atoms with Crippen molar-refractivity contribution in [1.29, 1.82) is 0 Å². The minimum atomic E-state index is -1.11. The third-order valence-corrected chi connectivity index (χ3v) is 5.92. The fraction of sp³-hybridized carbons (Fsp3) is 0.370. The summed E-state index contributed by atoms with van der Waals surface area (Å²) in [5.74, 6) is 3.85. The summed E-state index contributed by atoms with van der Waals surface area (Å²) in [4.78, 5) is 35.6. The number of rotatable bonds is 10. The molecule has 0 bridgehead atoms. The van der Waals surface area contributed by atoms with Crippen LogP contribution in [-0.2, 0) is 14.3 Å². The number of carboxylic acids is 1. The summed E-state index contributed by atoms with van der Waals surface area (Å²) < 4.78 is 5.52. The average Bonchev–Trinajstić information content (AvgIpc) is 3.16. The van der Waals surface area contributed by atoms with Crippen LogP contribution in [0.1, 0.15) is 50.2 Å². The lowest BCUT2D eigenvalue weighted by atomic mass is 9.98. The number of amides is 2. The van der Waals surface area contributed by atoms with Crippen molar-refractivity contribution in [3.63, 3.8) is 0 Å². The minimum Gasteiger partial charge on any atom is -0.480 e. The number of carbonyl (C=O) groups excluding carboxylic acids is 2. The Balaban J connectivity index is 1.42. The molecule has 0 aliphatic heterocycles. The van der Waals surface area contributed by atoms with E-state index in [1.54, 1.807) is 6.92 Å². The fourth-order valence-electron chi connectivity index (χ4n) is 4.06. The normalized spacial score (nSPS) is 13.5. The lowest BCUT2D eigenvalue weighted by Gasteiger charge is -2.16. The molecule has 0 radical (unpaired) electrons. The van der Waals surface area contributed by atoms with E-state index >= 15 is 0 Å². The molecule has 3 N–H and O–H groups in total. The lowest BCUT2D eigenvalue weighted by molar-refractivity contribution is -0.141. The smallest absolute Gasteiger partial charge is 0.407 e. The zero-order valence-electron chi connectivity index (χ0n) is 19.5. The van der Waals surface area contributed by atoms with Crippen LogP contribution in [0.3, 0.4) is 0 Å². The van der Waals surface area contributed by atoms with Crippen LogP contribution < -0.4 is 10.6 Å². The number of alkyl carbamates (subject to hydrolysis) is 1. The molecule has 0 heterocycles. The molecule has 34 heavy (non-hydrogen) atoms. The average molecular weight is 463 g/mol. The van der Waals surface area contributed by atoms with Crippen LogP contribution in [0.2, 0.25) is 0 Å². The van der Waals surface area contributed by atoms with Gasteiger partial charge in [-0.3, -0.25) is 4.79 Å². The molecule has 0 spiro atoms. The van der Waals surface area contributed by atoms with E-state index in [-0.39, 0.29) is 37.2 Å². The minimum absolute atomic E-state index is 0.00107. The summed E-state index contributed by atoms with van der Waals surface area (Å²) in [7, 11) is 0. The SMILES string of the molecule is CC#CCC(NC(=O)CCC(C)CNC(=O)OCC1c2ccccc2-c2ccccc21)C(=O)O. The Hall–Kier alpha value is -3.79. The Bertz CT molecular complexity index is 1060. The Morgan fingerprint density at radius 2 is 1.68 bits per heavy atom. The zero-order valence-corrected chi connectivity index (χ0v) is 19.5. The molecule has 1 aliphatic rings. The molecule has 3 rings (SSSR count). The number of carbonyl (C=O) groups is 3. The summed E-state index contributed by atoms with van der Waals surface area (Å²) in [6, 6.07) is 15.3. The van der Waals surface area contributed by atoms with Gasteiger partial charge in [0.05, 0.1) is 0 Å². The molecule has 2 amide bonds. The van der Waals surface area contributed by atoms with Gasteiger partial charge in [-0.15, -0.1) is 11.8 Å². The van der Waals surface area contributed by atoms with Gasteiger partial charge < -0.3 is 20.5 Å². The maximum atomic E-state index is 12.3. The molecular weight excluding hydrogens is 432 g/mol. The lowest BCUT2D eigenvalue weighted by Crippen LogP contribution is -2.40. The molecule has 7 nitrogen and oxygen atoms in total. The largest absolute Gasteiger partial charge is 0.480 e. The molecule has 0 fully saturated rings. The number of nitrogens with one attached hydrogen (secondary N) is 2. The maximum Gasteiger partial charge on any atom is 0.407 e. The van der Waals surface area contributed by atoms with Crippen LogP contribution in [0.15, 0.2) is 48.5 Å². The quantitative estimate of drug-likeness (QED) is 0.464. The molecule has 2 atom stereocenters. The van der Waals surface area contributed by atoms with Crippen molar-refractivity contribution in [3.8, 4) is 23.0 Å². The second kappa shape index (κ2) is 11.9. The van der Waals surface area contributed by atoms with E-state index in [1.807, 2.05) is 31.2 Å². The van der Waals surface area contributed by atoms with Crippen LogP contribution in [0, 0.1) is 17.8 Å². The summed E-state index contributed by atoms with van der Waals surface area (Å²) in [6.45, 7) is 4.13. The Morgan fingerprint density at radius 3 is 2.26 bits per heavy atom. The summed E-state index contributed by atoms with van der Waals surface area (Å²) >= 11 is 0. The first-order valence-corrected chi connectivity index (χ1v) is 11.4. The number of fused-ring (bicyclic) bond motifs is 3. The molecule has 0 saturated carbocycles. The van der Waals surface area contributed by atoms with Crippen molar-refractivity contribution in [1.82, 2.24) is 10.6 Å². The number of hydrogen-bond donors (Lipinski definition) is 3. The van der Waals surface area contributed by atoms with Gasteiger partial charge in [-0.25, -0.2) is 9.59 Å². The molecular formula is C27H30N2O5. The number of aliphatic carboxylic acids is 1. The van der Waals surface area contributed by atoms with E-state index in [4.69, 9.17) is 9.84 Å². The second-order valence-corrected chi connectivity index (χ2v) is 8.44. The molecule has 1 aliphatic carbocycles. The van der Waals surface area contributed by atoms with Crippen molar-refractivity contribution in [2.45, 2.75) is 45.1 Å². The Kier molecular flexibility index (Phi) is 8.69. The molecule has 2 unspecified atom stereocenters. The third-order valence-electron chi connectivity index (χ3n) is 5.92. The van der Waals surface area contributed by atoms with Gasteiger partial charge in [0, 0.05) is 25.3 Å². The summed E-state index contributed by atoms with van der Waals surface area (Å²) in [5, 5.41) is 14.4. The first kappa shape index (κ1) is 24.8. The molecule has 0 aromatic heterocycles. The van der Waals surface area contributed by atoms with Crippen molar-refractivity contribution in [2.75, 3.05) is 13.2 Å². The standard InChI is InChI=1S/C27H30N2O5/c1-3-4-13-24(26(31)32)29-25(30)15-14-18(2)16-28-27(33)34-17-23-21-11-7-5-9-19(21)20-10-6-8-12-22(20)23/h5-12,18,23-24H,13-17H2,1-2H3,(H,28,33)(H,29,30)(H,31,32). The molecule has 2 aromatic rings. The van der Waals surface area contributed by atoms with Crippen molar-refractivity contribution in [2.24, 2.45) is 5.92 Å². The van der Waals surface area contributed by atoms with Gasteiger partial charge in [-0.05, 0) is 41.5 Å². The molecule has 2 aromatic carbocycles. The highest BCUT2D eigenvalue weighted by atomic mass is 16.5. The molecule has 7 heteroatoms. The number of carboxylic acid groups (broad SMARTS) is 1. The van der Waals surface area contributed by atoms with Crippen LogP contribution in [0.4, 0.5) is 4.79 Å². The van der Waals surface area contributed by atoms with E-state index in [1.165, 1.54) is 11.1 Å². The highest BCUT2D eigenvalue weighted by molar-refractivity contribution is 5.83. The third kappa shape index (κ3) is 6.38. The van der Waals surface area contributed by atoms with E-state index in [0.717, 1.165) is 11.1 Å². The Labute approximate surface area is 199 Å². The number of benzene rings is 2. The van der Waals surface area contributed by atoms with Gasteiger partial charge in [0.2, 0.25) is 5.91 Å². The van der Waals surface area contributed by atoms with Crippen molar-refractivity contribution in [3.05, 3.63) is 59.7 Å².